The Labute approximate surface area is 290 Å². The molecule has 3 aromatic heterocycles. The summed E-state index contributed by atoms with van der Waals surface area (Å²) >= 11 is 1.84. The molecular formula is C46H27NO2S. The van der Waals surface area contributed by atoms with Gasteiger partial charge in [0.05, 0.1) is 5.39 Å². The second-order valence-electron chi connectivity index (χ2n) is 12.9. The molecule has 0 aliphatic carbocycles. The Morgan fingerprint density at radius 2 is 0.940 bits per heavy atom. The Bertz CT molecular complexity index is 3090. The van der Waals surface area contributed by atoms with Gasteiger partial charge in [-0.25, -0.2) is 0 Å². The molecule has 0 N–H and O–H groups in total. The lowest BCUT2D eigenvalue weighted by Crippen LogP contribution is -2.09. The van der Waals surface area contributed by atoms with Gasteiger partial charge in [0.25, 0.3) is 0 Å². The van der Waals surface area contributed by atoms with Crippen molar-refractivity contribution in [1.82, 2.24) is 0 Å². The predicted molar refractivity (Wildman–Crippen MR) is 212 cm³/mol. The van der Waals surface area contributed by atoms with Crippen LogP contribution in [0.4, 0.5) is 17.1 Å². The van der Waals surface area contributed by atoms with E-state index in [2.05, 4.69) is 157 Å². The van der Waals surface area contributed by atoms with Crippen LogP contribution in [0.25, 0.3) is 85.9 Å². The number of hydrogen-bond acceptors (Lipinski definition) is 4. The molecule has 11 aromatic rings. The van der Waals surface area contributed by atoms with E-state index in [4.69, 9.17) is 8.83 Å². The molecule has 0 aliphatic heterocycles. The summed E-state index contributed by atoms with van der Waals surface area (Å²) in [4.78, 5) is 2.33. The lowest BCUT2D eigenvalue weighted by molar-refractivity contribution is 0.665. The van der Waals surface area contributed by atoms with Gasteiger partial charge in [0.1, 0.15) is 22.3 Å². The highest BCUT2D eigenvalue weighted by Crippen LogP contribution is 2.47. The summed E-state index contributed by atoms with van der Waals surface area (Å²) in [6.45, 7) is 0. The van der Waals surface area contributed by atoms with Crippen molar-refractivity contribution < 1.29 is 8.83 Å². The molecule has 0 fully saturated rings. The Kier molecular flexibility index (Phi) is 5.83. The van der Waals surface area contributed by atoms with Crippen LogP contribution in [0.5, 0.6) is 0 Å². The SMILES string of the molecule is c1ccc(-c2ccc(N(c3ccc4c(c3)oc3c5ccccc5c5c6ccccc6oc5c43)c3ccc4c(c3)sc3ccccc34)cc2)cc1. The van der Waals surface area contributed by atoms with Gasteiger partial charge in [0.15, 0.2) is 0 Å². The second kappa shape index (κ2) is 10.6. The molecule has 0 bridgehead atoms. The first kappa shape index (κ1) is 27.6. The average Bonchev–Trinajstić information content (AvgIpc) is 3.87. The number of thiophene rings is 1. The fourth-order valence-electron chi connectivity index (χ4n) is 7.76. The zero-order valence-electron chi connectivity index (χ0n) is 26.8. The molecular weight excluding hydrogens is 631 g/mol. The third kappa shape index (κ3) is 4.03. The first-order chi connectivity index (χ1) is 24.8. The van der Waals surface area contributed by atoms with E-state index < -0.39 is 0 Å². The van der Waals surface area contributed by atoms with Crippen molar-refractivity contribution in [1.29, 1.82) is 0 Å². The molecule has 0 saturated carbocycles. The summed E-state index contributed by atoms with van der Waals surface area (Å²) < 4.78 is 16.0. The third-order valence-electron chi connectivity index (χ3n) is 10.0. The van der Waals surface area contributed by atoms with Gasteiger partial charge in [-0.2, -0.15) is 0 Å². The Balaban J connectivity index is 1.15. The van der Waals surface area contributed by atoms with Gasteiger partial charge in [-0.05, 0) is 65.0 Å². The van der Waals surface area contributed by atoms with Crippen molar-refractivity contribution in [2.24, 2.45) is 0 Å². The van der Waals surface area contributed by atoms with Crippen molar-refractivity contribution in [2.45, 2.75) is 0 Å². The number of para-hydroxylation sites is 1. The summed E-state index contributed by atoms with van der Waals surface area (Å²) in [6, 6.07) is 58.2. The standard InChI is InChI=1S/C46H27NO2S/c1-2-10-28(11-3-1)29-18-20-30(21-19-29)47(32-22-24-34-33-12-7-9-17-41(33)50-42(34)27-32)31-23-25-38-40(26-31)49-45-36-14-5-4-13-35(36)43-37-15-6-8-16-39(37)48-46(43)44(38)45/h1-27H. The highest BCUT2D eigenvalue weighted by atomic mass is 32.1. The molecule has 0 aliphatic rings. The van der Waals surface area contributed by atoms with Crippen LogP contribution in [0.1, 0.15) is 0 Å². The summed E-state index contributed by atoms with van der Waals surface area (Å²) in [5, 5.41) is 9.10. The molecule has 3 nitrogen and oxygen atoms in total. The van der Waals surface area contributed by atoms with Gasteiger partial charge in [0.2, 0.25) is 0 Å². The van der Waals surface area contributed by atoms with E-state index in [9.17, 15) is 0 Å². The minimum Gasteiger partial charge on any atom is -0.455 e. The van der Waals surface area contributed by atoms with Crippen molar-refractivity contribution >= 4 is 103 Å². The molecule has 0 radical (unpaired) electrons. The molecule has 0 unspecified atom stereocenters. The molecule has 8 aromatic carbocycles. The molecule has 4 heteroatoms. The van der Waals surface area contributed by atoms with Crippen LogP contribution in [-0.4, -0.2) is 0 Å². The maximum absolute atomic E-state index is 6.83. The molecule has 0 atom stereocenters. The minimum absolute atomic E-state index is 0.824. The van der Waals surface area contributed by atoms with Crippen molar-refractivity contribution in [3.63, 3.8) is 0 Å². The number of nitrogens with zero attached hydrogens (tertiary/aromatic N) is 1. The molecule has 0 saturated heterocycles. The summed E-state index contributed by atoms with van der Waals surface area (Å²) in [5.41, 5.74) is 9.00. The van der Waals surface area contributed by atoms with E-state index in [0.717, 1.165) is 71.7 Å². The number of anilines is 3. The fraction of sp³-hybridized carbons (Fsp3) is 0. The van der Waals surface area contributed by atoms with E-state index >= 15 is 0 Å². The van der Waals surface area contributed by atoms with Crippen LogP contribution in [-0.2, 0) is 0 Å². The van der Waals surface area contributed by atoms with Crippen molar-refractivity contribution in [2.75, 3.05) is 4.90 Å². The number of furan rings is 2. The quantitative estimate of drug-likeness (QED) is 0.189. The Morgan fingerprint density at radius 3 is 1.78 bits per heavy atom. The molecule has 0 spiro atoms. The monoisotopic (exact) mass is 657 g/mol. The lowest BCUT2D eigenvalue weighted by Gasteiger charge is -2.26. The number of hydrogen-bond donors (Lipinski definition) is 0. The van der Waals surface area contributed by atoms with Crippen LogP contribution < -0.4 is 4.90 Å². The smallest absolute Gasteiger partial charge is 0.147 e. The highest BCUT2D eigenvalue weighted by molar-refractivity contribution is 7.25. The van der Waals surface area contributed by atoms with Crippen molar-refractivity contribution in [3.8, 4) is 11.1 Å². The van der Waals surface area contributed by atoms with Crippen LogP contribution >= 0.6 is 11.3 Å². The van der Waals surface area contributed by atoms with Crippen LogP contribution in [0, 0.1) is 0 Å². The van der Waals surface area contributed by atoms with Gasteiger partial charge in [-0.15, -0.1) is 11.3 Å². The average molecular weight is 658 g/mol. The number of benzene rings is 8. The van der Waals surface area contributed by atoms with E-state index in [0.29, 0.717) is 0 Å². The molecule has 11 rings (SSSR count). The first-order valence-corrected chi connectivity index (χ1v) is 17.7. The van der Waals surface area contributed by atoms with Crippen LogP contribution in [0.3, 0.4) is 0 Å². The van der Waals surface area contributed by atoms with Gasteiger partial charge >= 0.3 is 0 Å². The van der Waals surface area contributed by atoms with E-state index in [-0.39, 0.29) is 0 Å². The molecule has 50 heavy (non-hydrogen) atoms. The number of rotatable bonds is 4. The number of fused-ring (bicyclic) bond motifs is 13. The van der Waals surface area contributed by atoms with E-state index in [1.165, 1.54) is 31.3 Å². The molecule has 3 heterocycles. The van der Waals surface area contributed by atoms with Crippen molar-refractivity contribution in [3.05, 3.63) is 164 Å². The van der Waals surface area contributed by atoms with E-state index in [1.54, 1.807) is 0 Å². The maximum Gasteiger partial charge on any atom is 0.147 e. The van der Waals surface area contributed by atoms with E-state index in [1.807, 2.05) is 23.5 Å². The lowest BCUT2D eigenvalue weighted by atomic mass is 9.99. The molecule has 0 amide bonds. The van der Waals surface area contributed by atoms with Gasteiger partial charge < -0.3 is 13.7 Å². The van der Waals surface area contributed by atoms with Gasteiger partial charge in [-0.3, -0.25) is 0 Å². The van der Waals surface area contributed by atoms with Crippen LogP contribution in [0.15, 0.2) is 173 Å². The molecule has 234 valence electrons. The minimum atomic E-state index is 0.824. The van der Waals surface area contributed by atoms with Gasteiger partial charge in [-0.1, -0.05) is 109 Å². The zero-order valence-corrected chi connectivity index (χ0v) is 27.6. The topological polar surface area (TPSA) is 29.5 Å². The summed E-state index contributed by atoms with van der Waals surface area (Å²) in [5.74, 6) is 0. The fourth-order valence-corrected chi connectivity index (χ4v) is 8.90. The normalized spacial score (nSPS) is 12.0. The predicted octanol–water partition coefficient (Wildman–Crippen LogP) is 14.1. The van der Waals surface area contributed by atoms with Gasteiger partial charge in [0, 0.05) is 64.8 Å². The summed E-state index contributed by atoms with van der Waals surface area (Å²) in [7, 11) is 0. The zero-order chi connectivity index (χ0) is 32.8. The highest BCUT2D eigenvalue weighted by Gasteiger charge is 2.22. The third-order valence-corrected chi connectivity index (χ3v) is 11.2. The Morgan fingerprint density at radius 1 is 0.360 bits per heavy atom. The first-order valence-electron chi connectivity index (χ1n) is 16.8. The van der Waals surface area contributed by atoms with Crippen LogP contribution in [0.2, 0.25) is 0 Å². The largest absolute Gasteiger partial charge is 0.455 e. The second-order valence-corrected chi connectivity index (χ2v) is 13.9. The maximum atomic E-state index is 6.83. The summed E-state index contributed by atoms with van der Waals surface area (Å²) in [6.07, 6.45) is 0. The Hall–Kier alpha value is -6.36.